The molecule has 1 amide bonds. The van der Waals surface area contributed by atoms with Crippen molar-refractivity contribution in [3.05, 3.63) is 88.2 Å². The SMILES string of the molecule is CCc1ccc(N=c2oc3c(C)ncc(CO)c3cc2C(=O)Nc2cc(C)ccc2OC)cc1. The highest BCUT2D eigenvalue weighted by Crippen LogP contribution is 2.27. The van der Waals surface area contributed by atoms with Crippen LogP contribution in [-0.4, -0.2) is 23.1 Å². The quantitative estimate of drug-likeness (QED) is 0.425. The second kappa shape index (κ2) is 9.89. The number of fused-ring (bicyclic) bond motifs is 1. The van der Waals surface area contributed by atoms with Gasteiger partial charge in [0.2, 0.25) is 5.55 Å². The zero-order chi connectivity index (χ0) is 24.2. The summed E-state index contributed by atoms with van der Waals surface area (Å²) in [7, 11) is 1.55. The number of methoxy groups -OCH3 is 1. The molecule has 0 unspecified atom stereocenters. The molecule has 4 aromatic rings. The molecule has 0 aliphatic rings. The van der Waals surface area contributed by atoms with Crippen molar-refractivity contribution in [1.29, 1.82) is 0 Å². The zero-order valence-electron chi connectivity index (χ0n) is 19.7. The molecule has 174 valence electrons. The van der Waals surface area contributed by atoms with Crippen LogP contribution in [-0.2, 0) is 13.0 Å². The Labute approximate surface area is 197 Å². The summed E-state index contributed by atoms with van der Waals surface area (Å²) in [6.07, 6.45) is 2.50. The van der Waals surface area contributed by atoms with E-state index in [1.807, 2.05) is 50.2 Å². The van der Waals surface area contributed by atoms with Crippen LogP contribution in [0, 0.1) is 13.8 Å². The van der Waals surface area contributed by atoms with Crippen LogP contribution < -0.4 is 15.6 Å². The number of amides is 1. The lowest BCUT2D eigenvalue weighted by molar-refractivity contribution is 0.102. The molecule has 7 nitrogen and oxygen atoms in total. The Hall–Kier alpha value is -3.97. The van der Waals surface area contributed by atoms with Crippen LogP contribution in [0.4, 0.5) is 11.4 Å². The number of ether oxygens (including phenoxy) is 1. The molecule has 2 heterocycles. The van der Waals surface area contributed by atoms with Crippen molar-refractivity contribution in [3.8, 4) is 5.75 Å². The van der Waals surface area contributed by atoms with E-state index in [1.54, 1.807) is 25.4 Å². The number of aliphatic hydroxyl groups excluding tert-OH is 1. The van der Waals surface area contributed by atoms with Gasteiger partial charge in [0.05, 0.1) is 30.8 Å². The highest BCUT2D eigenvalue weighted by Gasteiger charge is 2.18. The average molecular weight is 458 g/mol. The van der Waals surface area contributed by atoms with Crippen molar-refractivity contribution in [3.63, 3.8) is 0 Å². The first-order valence-electron chi connectivity index (χ1n) is 11.1. The van der Waals surface area contributed by atoms with E-state index in [4.69, 9.17) is 9.15 Å². The predicted molar refractivity (Wildman–Crippen MR) is 131 cm³/mol. The number of carbonyl (C=O) groups is 1. The fourth-order valence-corrected chi connectivity index (χ4v) is 3.69. The first kappa shape index (κ1) is 23.2. The van der Waals surface area contributed by atoms with Crippen LogP contribution in [0.3, 0.4) is 0 Å². The third-order valence-corrected chi connectivity index (χ3v) is 5.64. The largest absolute Gasteiger partial charge is 0.495 e. The number of hydrogen-bond acceptors (Lipinski definition) is 6. The van der Waals surface area contributed by atoms with Crippen LogP contribution in [0.25, 0.3) is 11.0 Å². The van der Waals surface area contributed by atoms with Gasteiger partial charge in [-0.05, 0) is 61.7 Å². The predicted octanol–water partition coefficient (Wildman–Crippen LogP) is 4.99. The molecule has 0 saturated heterocycles. The van der Waals surface area contributed by atoms with Crippen molar-refractivity contribution in [2.24, 2.45) is 4.99 Å². The van der Waals surface area contributed by atoms with E-state index in [9.17, 15) is 9.90 Å². The van der Waals surface area contributed by atoms with Crippen molar-refractivity contribution in [1.82, 2.24) is 4.98 Å². The number of nitrogens with zero attached hydrogens (tertiary/aromatic N) is 2. The molecular formula is C27H27N3O4. The molecule has 0 radical (unpaired) electrons. The normalized spacial score (nSPS) is 11.6. The third kappa shape index (κ3) is 4.70. The molecular weight excluding hydrogens is 430 g/mol. The fraction of sp³-hybridized carbons (Fsp3) is 0.222. The van der Waals surface area contributed by atoms with E-state index in [-0.39, 0.29) is 17.7 Å². The topological polar surface area (TPSA) is 97.0 Å². The van der Waals surface area contributed by atoms with E-state index in [2.05, 4.69) is 22.2 Å². The molecule has 2 aromatic carbocycles. The number of aliphatic hydroxyl groups is 1. The number of pyridine rings is 1. The van der Waals surface area contributed by atoms with Crippen LogP contribution in [0.5, 0.6) is 5.75 Å². The van der Waals surface area contributed by atoms with Gasteiger partial charge < -0.3 is 19.6 Å². The molecule has 4 rings (SSSR count). The van der Waals surface area contributed by atoms with Crippen LogP contribution in [0.15, 0.2) is 64.1 Å². The highest BCUT2D eigenvalue weighted by molar-refractivity contribution is 6.06. The minimum Gasteiger partial charge on any atom is -0.495 e. The van der Waals surface area contributed by atoms with E-state index in [1.165, 1.54) is 5.56 Å². The molecule has 2 N–H and O–H groups in total. The Morgan fingerprint density at radius 3 is 2.59 bits per heavy atom. The molecule has 0 bridgehead atoms. The van der Waals surface area contributed by atoms with Crippen molar-refractivity contribution < 1.29 is 19.1 Å². The first-order valence-corrected chi connectivity index (χ1v) is 11.1. The van der Waals surface area contributed by atoms with Gasteiger partial charge in [-0.1, -0.05) is 25.1 Å². The number of nitrogens with one attached hydrogen (secondary N) is 1. The second-order valence-electron chi connectivity index (χ2n) is 8.02. The van der Waals surface area contributed by atoms with Crippen molar-refractivity contribution in [2.75, 3.05) is 12.4 Å². The van der Waals surface area contributed by atoms with Gasteiger partial charge in [0.25, 0.3) is 5.91 Å². The molecule has 0 spiro atoms. The third-order valence-electron chi connectivity index (χ3n) is 5.64. The monoisotopic (exact) mass is 457 g/mol. The number of aryl methyl sites for hydroxylation is 3. The smallest absolute Gasteiger partial charge is 0.261 e. The van der Waals surface area contributed by atoms with Crippen LogP contribution in [0.1, 0.15) is 39.7 Å². The molecule has 0 fully saturated rings. The Bertz CT molecular complexity index is 1420. The van der Waals surface area contributed by atoms with Gasteiger partial charge in [0.1, 0.15) is 11.3 Å². The van der Waals surface area contributed by atoms with Gasteiger partial charge in [0.15, 0.2) is 5.58 Å². The molecule has 2 aromatic heterocycles. The van der Waals surface area contributed by atoms with E-state index >= 15 is 0 Å². The van der Waals surface area contributed by atoms with E-state index < -0.39 is 5.91 Å². The summed E-state index contributed by atoms with van der Waals surface area (Å²) in [6.45, 7) is 5.59. The lowest BCUT2D eigenvalue weighted by atomic mass is 10.1. The minimum atomic E-state index is -0.406. The molecule has 0 aliphatic carbocycles. The first-order chi connectivity index (χ1) is 16.4. The molecule has 34 heavy (non-hydrogen) atoms. The maximum Gasteiger partial charge on any atom is 0.261 e. The number of benzene rings is 2. The fourth-order valence-electron chi connectivity index (χ4n) is 3.69. The molecule has 0 atom stereocenters. The van der Waals surface area contributed by atoms with Gasteiger partial charge in [-0.2, -0.15) is 0 Å². The van der Waals surface area contributed by atoms with Gasteiger partial charge in [0, 0.05) is 17.1 Å². The summed E-state index contributed by atoms with van der Waals surface area (Å²) in [5.74, 6) is 0.137. The van der Waals surface area contributed by atoms with Crippen LogP contribution in [0.2, 0.25) is 0 Å². The summed E-state index contributed by atoms with van der Waals surface area (Å²) in [5.41, 5.74) is 5.42. The number of rotatable bonds is 6. The Morgan fingerprint density at radius 1 is 1.15 bits per heavy atom. The Morgan fingerprint density at radius 2 is 1.91 bits per heavy atom. The number of anilines is 1. The summed E-state index contributed by atoms with van der Waals surface area (Å²) < 4.78 is 11.5. The zero-order valence-corrected chi connectivity index (χ0v) is 19.7. The second-order valence-corrected chi connectivity index (χ2v) is 8.02. The average Bonchev–Trinajstić information content (AvgIpc) is 2.85. The molecule has 0 aliphatic heterocycles. The minimum absolute atomic E-state index is 0.154. The van der Waals surface area contributed by atoms with Gasteiger partial charge >= 0.3 is 0 Å². The molecule has 0 saturated carbocycles. The maximum absolute atomic E-state index is 13.5. The summed E-state index contributed by atoms with van der Waals surface area (Å²) in [5, 5.41) is 13.3. The Balaban J connectivity index is 1.91. The number of aromatic nitrogens is 1. The van der Waals surface area contributed by atoms with Gasteiger partial charge in [-0.15, -0.1) is 0 Å². The standard InChI is InChI=1S/C27H27N3O4/c1-5-18-7-9-20(10-8-18)29-27-22(13-21-19(15-31)14-28-17(3)25(21)34-27)26(32)30-23-12-16(2)6-11-24(23)33-4/h6-14,31H,5,15H2,1-4H3,(H,30,32). The lowest BCUT2D eigenvalue weighted by Crippen LogP contribution is -2.22. The summed E-state index contributed by atoms with van der Waals surface area (Å²) in [4.78, 5) is 22.4. The number of carbonyl (C=O) groups excluding carboxylic acids is 1. The van der Waals surface area contributed by atoms with Crippen LogP contribution >= 0.6 is 0 Å². The maximum atomic E-state index is 13.5. The van der Waals surface area contributed by atoms with Crippen molar-refractivity contribution >= 4 is 28.3 Å². The summed E-state index contributed by atoms with van der Waals surface area (Å²) in [6, 6.07) is 15.0. The Kier molecular flexibility index (Phi) is 6.75. The highest BCUT2D eigenvalue weighted by atomic mass is 16.5. The van der Waals surface area contributed by atoms with E-state index in [0.717, 1.165) is 12.0 Å². The number of hydrogen-bond donors (Lipinski definition) is 2. The van der Waals surface area contributed by atoms with Gasteiger partial charge in [-0.25, -0.2) is 4.99 Å². The summed E-state index contributed by atoms with van der Waals surface area (Å²) >= 11 is 0. The van der Waals surface area contributed by atoms with Gasteiger partial charge in [-0.3, -0.25) is 9.78 Å². The van der Waals surface area contributed by atoms with E-state index in [0.29, 0.717) is 39.4 Å². The lowest BCUT2D eigenvalue weighted by Gasteiger charge is -2.12. The van der Waals surface area contributed by atoms with Crippen molar-refractivity contribution in [2.45, 2.75) is 33.8 Å². The molecule has 7 heteroatoms.